The molecule has 0 aromatic carbocycles. The van der Waals surface area contributed by atoms with Gasteiger partial charge in [-0.25, -0.2) is 9.18 Å². The van der Waals surface area contributed by atoms with E-state index in [-0.39, 0.29) is 11.8 Å². The number of nitrogens with zero attached hydrogens (tertiary/aromatic N) is 1. The first-order valence-corrected chi connectivity index (χ1v) is 10.1. The highest BCUT2D eigenvalue weighted by Crippen LogP contribution is 2.26. The molecule has 108 valence electrons. The van der Waals surface area contributed by atoms with Crippen molar-refractivity contribution in [3.8, 4) is 0 Å². The summed E-state index contributed by atoms with van der Waals surface area (Å²) in [6, 6.07) is 0.964. The summed E-state index contributed by atoms with van der Waals surface area (Å²) in [5.74, 6) is -2.25. The molecule has 0 aliphatic rings. The summed E-state index contributed by atoms with van der Waals surface area (Å²) in [6.45, 7) is 8.76. The van der Waals surface area contributed by atoms with Crippen molar-refractivity contribution in [1.82, 2.24) is 4.57 Å². The number of carboxylic acid groups (broad SMARTS) is 1. The maximum Gasteiger partial charge on any atom is 0.355 e. The number of ether oxygens (including phenoxy) is 1. The van der Waals surface area contributed by atoms with Gasteiger partial charge in [-0.2, -0.15) is 0 Å². The Hall–Kier alpha value is -0.853. The van der Waals surface area contributed by atoms with E-state index in [2.05, 4.69) is 19.6 Å². The van der Waals surface area contributed by atoms with Gasteiger partial charge in [-0.15, -0.1) is 0 Å². The molecule has 1 N–H and O–H groups in total. The van der Waals surface area contributed by atoms with Crippen molar-refractivity contribution >= 4 is 25.6 Å². The highest BCUT2D eigenvalue weighted by Gasteiger charge is 2.24. The summed E-state index contributed by atoms with van der Waals surface area (Å²) in [5.41, 5.74) is -0.0833. The third-order valence-corrected chi connectivity index (χ3v) is 4.96. The van der Waals surface area contributed by atoms with Crippen LogP contribution in [0.15, 0.2) is 0 Å². The summed E-state index contributed by atoms with van der Waals surface area (Å²) in [6.07, 6.45) is 0. The van der Waals surface area contributed by atoms with Crippen molar-refractivity contribution in [2.45, 2.75) is 39.3 Å². The van der Waals surface area contributed by atoms with Gasteiger partial charge in [0.25, 0.3) is 0 Å². The fourth-order valence-corrected chi connectivity index (χ4v) is 2.52. The minimum atomic E-state index is -1.35. The lowest BCUT2D eigenvalue weighted by Gasteiger charge is -2.16. The molecule has 7 heteroatoms. The van der Waals surface area contributed by atoms with E-state index >= 15 is 0 Å². The molecule has 0 atom stereocenters. The van der Waals surface area contributed by atoms with Crippen LogP contribution in [0.5, 0.6) is 0 Å². The number of carboxylic acids is 1. The lowest BCUT2D eigenvalue weighted by molar-refractivity contribution is 0.0611. The van der Waals surface area contributed by atoms with E-state index in [1.807, 2.05) is 0 Å². The fraction of sp³-hybridized carbons (Fsp3) is 0.583. The maximum atomic E-state index is 13.6. The van der Waals surface area contributed by atoms with Crippen LogP contribution in [-0.4, -0.2) is 30.3 Å². The molecular formula is C12H19ClFNO3Si. The van der Waals surface area contributed by atoms with E-state index < -0.39 is 25.6 Å². The first-order valence-electron chi connectivity index (χ1n) is 6.00. The number of rotatable bonds is 6. The van der Waals surface area contributed by atoms with E-state index in [4.69, 9.17) is 21.4 Å². The van der Waals surface area contributed by atoms with Gasteiger partial charge in [0.15, 0.2) is 11.5 Å². The third kappa shape index (κ3) is 4.06. The number of hydrogen-bond donors (Lipinski definition) is 1. The molecular weight excluding hydrogens is 289 g/mol. The van der Waals surface area contributed by atoms with Gasteiger partial charge in [0.1, 0.15) is 6.73 Å². The number of aromatic nitrogens is 1. The van der Waals surface area contributed by atoms with Gasteiger partial charge in [0.2, 0.25) is 0 Å². The maximum absolute atomic E-state index is 13.6. The molecule has 0 amide bonds. The first-order chi connectivity index (χ1) is 8.65. The van der Waals surface area contributed by atoms with Gasteiger partial charge in [0.05, 0.1) is 5.02 Å². The molecule has 0 bridgehead atoms. The summed E-state index contributed by atoms with van der Waals surface area (Å²) < 4.78 is 20.3. The Labute approximate surface area is 118 Å². The van der Waals surface area contributed by atoms with Crippen molar-refractivity contribution in [2.75, 3.05) is 6.61 Å². The quantitative estimate of drug-likeness (QED) is 0.645. The second kappa shape index (κ2) is 6.07. The molecule has 1 aromatic heterocycles. The zero-order chi connectivity index (χ0) is 14.8. The number of carbonyl (C=O) groups is 1. The Bertz CT molecular complexity index is 482. The van der Waals surface area contributed by atoms with Gasteiger partial charge in [-0.1, -0.05) is 31.2 Å². The molecule has 0 unspecified atom stereocenters. The van der Waals surface area contributed by atoms with Crippen LogP contribution < -0.4 is 0 Å². The van der Waals surface area contributed by atoms with Crippen LogP contribution in [0.1, 0.15) is 16.2 Å². The van der Waals surface area contributed by atoms with E-state index in [1.165, 1.54) is 4.57 Å². The molecule has 1 aromatic rings. The summed E-state index contributed by atoms with van der Waals surface area (Å²) in [4.78, 5) is 11.0. The van der Waals surface area contributed by atoms with Crippen LogP contribution in [-0.2, 0) is 11.5 Å². The normalized spacial score (nSPS) is 11.9. The smallest absolute Gasteiger partial charge is 0.355 e. The Balaban J connectivity index is 2.79. The lowest BCUT2D eigenvalue weighted by atomic mass is 10.4. The van der Waals surface area contributed by atoms with Crippen molar-refractivity contribution in [2.24, 2.45) is 0 Å². The highest BCUT2D eigenvalue weighted by atomic mass is 35.5. The van der Waals surface area contributed by atoms with Crippen molar-refractivity contribution in [3.63, 3.8) is 0 Å². The predicted octanol–water partition coefficient (Wildman–Crippen LogP) is 3.60. The first kappa shape index (κ1) is 16.2. The second-order valence-corrected chi connectivity index (χ2v) is 11.6. The van der Waals surface area contributed by atoms with Crippen LogP contribution in [0.4, 0.5) is 4.39 Å². The lowest BCUT2D eigenvalue weighted by Crippen LogP contribution is -2.22. The monoisotopic (exact) mass is 307 g/mol. The van der Waals surface area contributed by atoms with Gasteiger partial charge in [-0.3, -0.25) is 0 Å². The predicted molar refractivity (Wildman–Crippen MR) is 75.2 cm³/mol. The largest absolute Gasteiger partial charge is 0.476 e. The van der Waals surface area contributed by atoms with Crippen LogP contribution >= 0.6 is 11.6 Å². The molecule has 0 aliphatic heterocycles. The van der Waals surface area contributed by atoms with Gasteiger partial charge in [0, 0.05) is 20.4 Å². The van der Waals surface area contributed by atoms with E-state index in [0.29, 0.717) is 12.3 Å². The van der Waals surface area contributed by atoms with E-state index in [9.17, 15) is 9.18 Å². The number of halogens is 2. The Morgan fingerprint density at radius 3 is 2.53 bits per heavy atom. The van der Waals surface area contributed by atoms with Gasteiger partial charge >= 0.3 is 5.97 Å². The molecule has 0 saturated heterocycles. The SMILES string of the molecule is Cc1c(Cl)c(F)c(C(=O)O)n1COCC[Si](C)(C)C. The topological polar surface area (TPSA) is 51.5 Å². The molecule has 19 heavy (non-hydrogen) atoms. The van der Waals surface area contributed by atoms with Crippen LogP contribution in [0.3, 0.4) is 0 Å². The highest BCUT2D eigenvalue weighted by molar-refractivity contribution is 6.76. The van der Waals surface area contributed by atoms with Crippen molar-refractivity contribution in [1.29, 1.82) is 0 Å². The number of aromatic carboxylic acids is 1. The zero-order valence-electron chi connectivity index (χ0n) is 11.6. The minimum absolute atomic E-state index is 0.00157. The summed E-state index contributed by atoms with van der Waals surface area (Å²) in [5, 5.41) is 8.84. The number of hydrogen-bond acceptors (Lipinski definition) is 2. The average molecular weight is 308 g/mol. The summed E-state index contributed by atoms with van der Waals surface area (Å²) >= 11 is 5.73. The van der Waals surface area contributed by atoms with Crippen LogP contribution in [0.2, 0.25) is 30.7 Å². The van der Waals surface area contributed by atoms with Gasteiger partial charge in [-0.05, 0) is 13.0 Å². The van der Waals surface area contributed by atoms with Crippen LogP contribution in [0.25, 0.3) is 0 Å². The van der Waals surface area contributed by atoms with Crippen LogP contribution in [0, 0.1) is 12.7 Å². The van der Waals surface area contributed by atoms with E-state index in [0.717, 1.165) is 6.04 Å². The Morgan fingerprint density at radius 1 is 1.47 bits per heavy atom. The third-order valence-electron chi connectivity index (χ3n) is 2.81. The molecule has 0 spiro atoms. The molecule has 0 aliphatic carbocycles. The molecule has 1 rings (SSSR count). The van der Waals surface area contributed by atoms with Gasteiger partial charge < -0.3 is 14.4 Å². The standard InChI is InChI=1S/C12H19ClFNO3Si/c1-8-9(13)10(14)11(12(16)17)15(8)7-18-5-6-19(2,3)4/h5-7H2,1-4H3,(H,16,17). The van der Waals surface area contributed by atoms with Crippen molar-refractivity contribution in [3.05, 3.63) is 22.2 Å². The molecule has 0 fully saturated rings. The molecule has 1 heterocycles. The van der Waals surface area contributed by atoms with Crippen molar-refractivity contribution < 1.29 is 19.0 Å². The molecule has 0 saturated carbocycles. The average Bonchev–Trinajstić information content (AvgIpc) is 2.48. The summed E-state index contributed by atoms with van der Waals surface area (Å²) in [7, 11) is -1.20. The Kier molecular flexibility index (Phi) is 5.17. The Morgan fingerprint density at radius 2 is 2.05 bits per heavy atom. The minimum Gasteiger partial charge on any atom is -0.476 e. The zero-order valence-corrected chi connectivity index (χ0v) is 13.3. The second-order valence-electron chi connectivity index (χ2n) is 5.64. The molecule has 0 radical (unpaired) electrons. The molecule has 4 nitrogen and oxygen atoms in total. The van der Waals surface area contributed by atoms with E-state index in [1.54, 1.807) is 6.92 Å². The fourth-order valence-electron chi connectivity index (χ4n) is 1.57.